The highest BCUT2D eigenvalue weighted by Gasteiger charge is 2.25. The summed E-state index contributed by atoms with van der Waals surface area (Å²) in [5.74, 6) is 0.161. The molecule has 0 aliphatic carbocycles. The van der Waals surface area contributed by atoms with Crippen molar-refractivity contribution in [3.8, 4) is 0 Å². The minimum atomic E-state index is -0.308. The second-order valence-electron chi connectivity index (χ2n) is 8.41. The molecule has 1 amide bonds. The number of hydrogen-bond donors (Lipinski definition) is 1. The summed E-state index contributed by atoms with van der Waals surface area (Å²) in [6, 6.07) is 4.63. The highest BCUT2D eigenvalue weighted by atomic mass is 19.1. The van der Waals surface area contributed by atoms with Gasteiger partial charge in [0.15, 0.2) is 0 Å². The third-order valence-electron chi connectivity index (χ3n) is 6.05. The van der Waals surface area contributed by atoms with E-state index in [9.17, 15) is 9.18 Å². The van der Waals surface area contributed by atoms with Crippen molar-refractivity contribution >= 4 is 5.91 Å². The number of likely N-dealkylation sites (tertiary alicyclic amines) is 2. The number of amides is 1. The highest BCUT2D eigenvalue weighted by molar-refractivity contribution is 5.95. The Labute approximate surface area is 170 Å². The maximum absolute atomic E-state index is 13.3. The molecule has 1 aromatic carbocycles. The Morgan fingerprint density at radius 3 is 2.72 bits per heavy atom. The normalized spacial score (nSPS) is 21.1. The standard InChI is InChI=1S/C21H29FN6O/c1-15-10-17(22)2-3-20(15)21(29)27-8-4-16(5-9-27)11-28-14-19(24-25-28)13-26-7-6-18(23)12-26/h2-3,10,14,16,18H,4-9,11-13,23H2,1H3/t18-/m1/s1. The van der Waals surface area contributed by atoms with E-state index in [-0.39, 0.29) is 17.8 Å². The molecule has 2 N–H and O–H groups in total. The van der Waals surface area contributed by atoms with Crippen LogP contribution < -0.4 is 5.73 Å². The lowest BCUT2D eigenvalue weighted by Gasteiger charge is -2.32. The average Bonchev–Trinajstić information content (AvgIpc) is 3.31. The molecule has 2 aliphatic heterocycles. The Morgan fingerprint density at radius 1 is 1.24 bits per heavy atom. The predicted octanol–water partition coefficient (Wildman–Crippen LogP) is 1.81. The summed E-state index contributed by atoms with van der Waals surface area (Å²) in [7, 11) is 0. The first kappa shape index (κ1) is 20.0. The summed E-state index contributed by atoms with van der Waals surface area (Å²) >= 11 is 0. The molecule has 3 heterocycles. The molecule has 2 saturated heterocycles. The van der Waals surface area contributed by atoms with E-state index in [1.807, 2.05) is 15.8 Å². The van der Waals surface area contributed by atoms with Gasteiger partial charge in [0.1, 0.15) is 5.82 Å². The number of carbonyl (C=O) groups excluding carboxylic acids is 1. The van der Waals surface area contributed by atoms with Crippen LogP contribution in [0, 0.1) is 18.7 Å². The second-order valence-corrected chi connectivity index (χ2v) is 8.41. The van der Waals surface area contributed by atoms with Crippen molar-refractivity contribution in [2.75, 3.05) is 26.2 Å². The molecular formula is C21H29FN6O. The van der Waals surface area contributed by atoms with E-state index in [0.717, 1.165) is 51.1 Å². The topological polar surface area (TPSA) is 80.3 Å². The number of hydrogen-bond acceptors (Lipinski definition) is 5. The summed E-state index contributed by atoms with van der Waals surface area (Å²) in [6.45, 7) is 6.78. The maximum Gasteiger partial charge on any atom is 0.254 e. The molecule has 1 atom stereocenters. The van der Waals surface area contributed by atoms with Gasteiger partial charge in [0.25, 0.3) is 5.91 Å². The first-order chi connectivity index (χ1) is 14.0. The average molecular weight is 401 g/mol. The molecule has 4 rings (SSSR count). The number of piperidine rings is 1. The fourth-order valence-electron chi connectivity index (χ4n) is 4.36. The molecule has 1 aromatic heterocycles. The number of rotatable bonds is 5. The van der Waals surface area contributed by atoms with Crippen molar-refractivity contribution in [1.82, 2.24) is 24.8 Å². The fourth-order valence-corrected chi connectivity index (χ4v) is 4.36. The first-order valence-electron chi connectivity index (χ1n) is 10.4. The summed E-state index contributed by atoms with van der Waals surface area (Å²) in [4.78, 5) is 16.9. The van der Waals surface area contributed by atoms with Gasteiger partial charge in [0.2, 0.25) is 0 Å². The quantitative estimate of drug-likeness (QED) is 0.828. The maximum atomic E-state index is 13.3. The van der Waals surface area contributed by atoms with Crippen LogP contribution in [-0.4, -0.2) is 62.9 Å². The van der Waals surface area contributed by atoms with E-state index in [4.69, 9.17) is 5.73 Å². The van der Waals surface area contributed by atoms with Crippen molar-refractivity contribution in [2.24, 2.45) is 11.7 Å². The number of aromatic nitrogens is 3. The van der Waals surface area contributed by atoms with Crippen LogP contribution in [0.15, 0.2) is 24.4 Å². The Kier molecular flexibility index (Phi) is 5.91. The molecule has 7 nitrogen and oxygen atoms in total. The largest absolute Gasteiger partial charge is 0.339 e. The monoisotopic (exact) mass is 400 g/mol. The van der Waals surface area contributed by atoms with Gasteiger partial charge in [-0.25, -0.2) is 4.39 Å². The summed E-state index contributed by atoms with van der Waals surface area (Å²) in [5, 5.41) is 8.59. The zero-order valence-corrected chi connectivity index (χ0v) is 16.9. The predicted molar refractivity (Wildman–Crippen MR) is 108 cm³/mol. The van der Waals surface area contributed by atoms with Crippen LogP contribution in [-0.2, 0) is 13.1 Å². The zero-order chi connectivity index (χ0) is 20.4. The minimum absolute atomic E-state index is 0.00665. The number of nitrogens with two attached hydrogens (primary N) is 1. The number of halogens is 1. The third kappa shape index (κ3) is 4.82. The zero-order valence-electron chi connectivity index (χ0n) is 16.9. The highest BCUT2D eigenvalue weighted by Crippen LogP contribution is 2.22. The molecule has 2 aliphatic rings. The third-order valence-corrected chi connectivity index (χ3v) is 6.05. The van der Waals surface area contributed by atoms with Gasteiger partial charge in [-0.2, -0.15) is 0 Å². The van der Waals surface area contributed by atoms with Crippen molar-refractivity contribution < 1.29 is 9.18 Å². The van der Waals surface area contributed by atoms with Gasteiger partial charge in [-0.05, 0) is 55.9 Å². The summed E-state index contributed by atoms with van der Waals surface area (Å²) < 4.78 is 15.2. The SMILES string of the molecule is Cc1cc(F)ccc1C(=O)N1CCC(Cn2cc(CN3CC[C@@H](N)C3)nn2)CC1. The van der Waals surface area contributed by atoms with Crippen LogP contribution in [0.25, 0.3) is 0 Å². The van der Waals surface area contributed by atoms with Gasteiger partial charge in [-0.1, -0.05) is 5.21 Å². The smallest absolute Gasteiger partial charge is 0.254 e. The molecule has 29 heavy (non-hydrogen) atoms. The number of nitrogens with zero attached hydrogens (tertiary/aromatic N) is 5. The van der Waals surface area contributed by atoms with Crippen molar-refractivity contribution in [2.45, 2.75) is 45.3 Å². The first-order valence-corrected chi connectivity index (χ1v) is 10.4. The Hall–Kier alpha value is -2.32. The van der Waals surface area contributed by atoms with Crippen LogP contribution in [0.3, 0.4) is 0 Å². The molecule has 8 heteroatoms. The van der Waals surface area contributed by atoms with Crippen LogP contribution in [0.1, 0.15) is 40.9 Å². The van der Waals surface area contributed by atoms with Crippen molar-refractivity contribution in [3.63, 3.8) is 0 Å². The van der Waals surface area contributed by atoms with E-state index in [1.165, 1.54) is 12.1 Å². The number of carbonyl (C=O) groups is 1. The second kappa shape index (κ2) is 8.59. The van der Waals surface area contributed by atoms with Crippen molar-refractivity contribution in [1.29, 1.82) is 0 Å². The lowest BCUT2D eigenvalue weighted by molar-refractivity contribution is 0.0680. The molecule has 0 saturated carbocycles. The fraction of sp³-hybridized carbons (Fsp3) is 0.571. The van der Waals surface area contributed by atoms with E-state index >= 15 is 0 Å². The molecule has 156 valence electrons. The Morgan fingerprint density at radius 2 is 2.03 bits per heavy atom. The number of benzene rings is 1. The molecule has 0 spiro atoms. The molecule has 0 radical (unpaired) electrons. The van der Waals surface area contributed by atoms with Gasteiger partial charge in [0.05, 0.1) is 5.69 Å². The Balaban J connectivity index is 1.27. The van der Waals surface area contributed by atoms with E-state index in [1.54, 1.807) is 13.0 Å². The van der Waals surface area contributed by atoms with E-state index in [0.29, 0.717) is 30.1 Å². The van der Waals surface area contributed by atoms with Gasteiger partial charge >= 0.3 is 0 Å². The minimum Gasteiger partial charge on any atom is -0.339 e. The van der Waals surface area contributed by atoms with E-state index in [2.05, 4.69) is 15.2 Å². The van der Waals surface area contributed by atoms with Gasteiger partial charge < -0.3 is 10.6 Å². The molecule has 2 aromatic rings. The molecule has 2 fully saturated rings. The Bertz CT molecular complexity index is 861. The van der Waals surface area contributed by atoms with Crippen LogP contribution in [0.5, 0.6) is 0 Å². The van der Waals surface area contributed by atoms with E-state index < -0.39 is 0 Å². The summed E-state index contributed by atoms with van der Waals surface area (Å²) in [5.41, 5.74) is 8.23. The molecule has 0 bridgehead atoms. The number of aryl methyl sites for hydroxylation is 1. The lowest BCUT2D eigenvalue weighted by Crippen LogP contribution is -2.39. The lowest BCUT2D eigenvalue weighted by atomic mass is 9.96. The molecule has 0 unspecified atom stereocenters. The van der Waals surface area contributed by atoms with Crippen LogP contribution in [0.4, 0.5) is 4.39 Å². The van der Waals surface area contributed by atoms with Gasteiger partial charge in [0, 0.05) is 57.1 Å². The van der Waals surface area contributed by atoms with Crippen molar-refractivity contribution in [3.05, 3.63) is 47.0 Å². The summed E-state index contributed by atoms with van der Waals surface area (Å²) in [6.07, 6.45) is 4.94. The van der Waals surface area contributed by atoms with Crippen LogP contribution in [0.2, 0.25) is 0 Å². The molecular weight excluding hydrogens is 371 g/mol. The van der Waals surface area contributed by atoms with Gasteiger partial charge in [-0.15, -0.1) is 5.10 Å². The van der Waals surface area contributed by atoms with Crippen LogP contribution >= 0.6 is 0 Å². The van der Waals surface area contributed by atoms with Gasteiger partial charge in [-0.3, -0.25) is 14.4 Å².